The maximum atomic E-state index is 12.9. The summed E-state index contributed by atoms with van der Waals surface area (Å²) in [5.41, 5.74) is 4.82. The van der Waals surface area contributed by atoms with Crippen molar-refractivity contribution in [3.05, 3.63) is 64.8 Å². The average Bonchev–Trinajstić information content (AvgIpc) is 2.88. The molecule has 2 N–H and O–H groups in total. The van der Waals surface area contributed by atoms with Gasteiger partial charge in [0, 0.05) is 23.1 Å². The summed E-state index contributed by atoms with van der Waals surface area (Å²) in [5.74, 6) is 0. The van der Waals surface area contributed by atoms with Gasteiger partial charge in [-0.15, -0.1) is 0 Å². The summed E-state index contributed by atoms with van der Waals surface area (Å²) in [6.45, 7) is 7.57. The van der Waals surface area contributed by atoms with Gasteiger partial charge in [-0.1, -0.05) is 35.9 Å². The number of para-hydroxylation sites is 1. The molecule has 0 aliphatic heterocycles. The highest BCUT2D eigenvalue weighted by molar-refractivity contribution is 7.89. The molecule has 5 heteroatoms. The maximum absolute atomic E-state index is 12.9. The van der Waals surface area contributed by atoms with E-state index in [0.717, 1.165) is 33.2 Å². The lowest BCUT2D eigenvalue weighted by atomic mass is 10.1. The predicted octanol–water partition coefficient (Wildman–Crippen LogP) is 4.00. The van der Waals surface area contributed by atoms with Crippen molar-refractivity contribution in [3.8, 4) is 0 Å². The summed E-state index contributed by atoms with van der Waals surface area (Å²) >= 11 is 0. The predicted molar refractivity (Wildman–Crippen MR) is 102 cm³/mol. The molecule has 0 aliphatic carbocycles. The van der Waals surface area contributed by atoms with Crippen LogP contribution in [0.1, 0.15) is 29.2 Å². The zero-order valence-electron chi connectivity index (χ0n) is 15.1. The Hall–Kier alpha value is -2.11. The second kappa shape index (κ2) is 6.65. The first-order valence-corrected chi connectivity index (χ1v) is 9.91. The van der Waals surface area contributed by atoms with Crippen molar-refractivity contribution in [2.75, 3.05) is 0 Å². The molecule has 0 fully saturated rings. The molecular formula is C20H24N2O2S. The van der Waals surface area contributed by atoms with Gasteiger partial charge < -0.3 is 4.98 Å². The number of sulfonamides is 1. The lowest BCUT2D eigenvalue weighted by Gasteiger charge is -2.17. The number of aromatic nitrogens is 1. The average molecular weight is 356 g/mol. The van der Waals surface area contributed by atoms with E-state index in [4.69, 9.17) is 0 Å². The van der Waals surface area contributed by atoms with Crippen molar-refractivity contribution in [2.45, 2.75) is 45.1 Å². The van der Waals surface area contributed by atoms with Gasteiger partial charge in [0.2, 0.25) is 10.0 Å². The van der Waals surface area contributed by atoms with Crippen molar-refractivity contribution < 1.29 is 8.42 Å². The number of fused-ring (bicyclic) bond motifs is 1. The second-order valence-electron chi connectivity index (χ2n) is 6.81. The molecule has 132 valence electrons. The van der Waals surface area contributed by atoms with Crippen LogP contribution in [0.15, 0.2) is 47.5 Å². The van der Waals surface area contributed by atoms with E-state index in [1.165, 1.54) is 0 Å². The topological polar surface area (TPSA) is 62.0 Å². The molecule has 1 atom stereocenters. The molecule has 4 nitrogen and oxygen atoms in total. The fourth-order valence-corrected chi connectivity index (χ4v) is 5.28. The summed E-state index contributed by atoms with van der Waals surface area (Å²) in [4.78, 5) is 3.63. The standard InChI is InChI=1S/C20H24N2O2S/c1-13-9-14(2)20(15(3)10-13)25(23,24)22-16(4)11-17-12-21-19-8-6-5-7-18(17)19/h5-10,12,16,21-22H,11H2,1-4H3/t16-/m1/s1. The van der Waals surface area contributed by atoms with Crippen LogP contribution in [0.25, 0.3) is 10.9 Å². The molecule has 0 radical (unpaired) electrons. The Morgan fingerprint density at radius 1 is 1.08 bits per heavy atom. The summed E-state index contributed by atoms with van der Waals surface area (Å²) in [6.07, 6.45) is 2.59. The van der Waals surface area contributed by atoms with Gasteiger partial charge in [-0.2, -0.15) is 0 Å². The van der Waals surface area contributed by atoms with Gasteiger partial charge in [-0.25, -0.2) is 13.1 Å². The van der Waals surface area contributed by atoms with Crippen LogP contribution in [0, 0.1) is 20.8 Å². The van der Waals surface area contributed by atoms with Crippen LogP contribution in [0.3, 0.4) is 0 Å². The molecule has 3 aromatic rings. The van der Waals surface area contributed by atoms with Crippen molar-refractivity contribution in [1.82, 2.24) is 9.71 Å². The maximum Gasteiger partial charge on any atom is 0.241 e. The monoisotopic (exact) mass is 356 g/mol. The van der Waals surface area contributed by atoms with Crippen LogP contribution in [-0.2, 0) is 16.4 Å². The van der Waals surface area contributed by atoms with Gasteiger partial charge in [0.05, 0.1) is 4.90 Å². The molecule has 0 bridgehead atoms. The number of benzene rings is 2. The first kappa shape index (κ1) is 17.7. The zero-order chi connectivity index (χ0) is 18.2. The van der Waals surface area contributed by atoms with E-state index in [9.17, 15) is 8.42 Å². The first-order valence-electron chi connectivity index (χ1n) is 8.43. The third-order valence-electron chi connectivity index (χ3n) is 4.43. The fourth-order valence-electron chi connectivity index (χ4n) is 3.59. The molecule has 0 spiro atoms. The lowest BCUT2D eigenvalue weighted by molar-refractivity contribution is 0.559. The van der Waals surface area contributed by atoms with Crippen LogP contribution in [0.4, 0.5) is 0 Å². The van der Waals surface area contributed by atoms with Crippen LogP contribution >= 0.6 is 0 Å². The number of hydrogen-bond acceptors (Lipinski definition) is 2. The molecular weight excluding hydrogens is 332 g/mol. The van der Waals surface area contributed by atoms with Crippen molar-refractivity contribution in [3.63, 3.8) is 0 Å². The number of rotatable bonds is 5. The summed E-state index contributed by atoms with van der Waals surface area (Å²) in [5, 5.41) is 1.14. The Morgan fingerprint density at radius 2 is 1.72 bits per heavy atom. The fraction of sp³-hybridized carbons (Fsp3) is 0.300. The summed E-state index contributed by atoms with van der Waals surface area (Å²) < 4.78 is 28.6. The quantitative estimate of drug-likeness (QED) is 0.726. The van der Waals surface area contributed by atoms with Crippen LogP contribution in [0.5, 0.6) is 0 Å². The van der Waals surface area contributed by atoms with Gasteiger partial charge >= 0.3 is 0 Å². The molecule has 1 heterocycles. The summed E-state index contributed by atoms with van der Waals surface area (Å²) in [6, 6.07) is 11.7. The normalized spacial score (nSPS) is 13.3. The third-order valence-corrected chi connectivity index (χ3v) is 6.32. The zero-order valence-corrected chi connectivity index (χ0v) is 15.9. The molecule has 0 amide bonds. The van der Waals surface area contributed by atoms with E-state index in [1.54, 1.807) is 0 Å². The number of hydrogen-bond donors (Lipinski definition) is 2. The molecule has 3 rings (SSSR count). The van der Waals surface area contributed by atoms with Gasteiger partial charge in [0.25, 0.3) is 0 Å². The largest absolute Gasteiger partial charge is 0.361 e. The molecule has 1 aromatic heterocycles. The van der Waals surface area contributed by atoms with E-state index in [0.29, 0.717) is 11.3 Å². The molecule has 0 aliphatic rings. The van der Waals surface area contributed by atoms with Gasteiger partial charge in [0.15, 0.2) is 0 Å². The van der Waals surface area contributed by atoms with Crippen molar-refractivity contribution in [1.29, 1.82) is 0 Å². The molecule has 0 unspecified atom stereocenters. The van der Waals surface area contributed by atoms with Crippen LogP contribution in [0.2, 0.25) is 0 Å². The number of H-pyrrole nitrogens is 1. The van der Waals surface area contributed by atoms with Crippen molar-refractivity contribution >= 4 is 20.9 Å². The van der Waals surface area contributed by atoms with E-state index in [-0.39, 0.29) is 6.04 Å². The van der Waals surface area contributed by atoms with E-state index in [2.05, 4.69) is 15.8 Å². The number of aryl methyl sites for hydroxylation is 3. The SMILES string of the molecule is Cc1cc(C)c(S(=O)(=O)N[C@H](C)Cc2c[nH]c3ccccc23)c(C)c1. The molecule has 0 saturated carbocycles. The number of aromatic amines is 1. The van der Waals surface area contributed by atoms with Crippen molar-refractivity contribution in [2.24, 2.45) is 0 Å². The Kier molecular flexibility index (Phi) is 4.71. The highest BCUT2D eigenvalue weighted by atomic mass is 32.2. The highest BCUT2D eigenvalue weighted by Crippen LogP contribution is 2.23. The number of nitrogens with one attached hydrogen (secondary N) is 2. The third kappa shape index (κ3) is 3.62. The van der Waals surface area contributed by atoms with E-state index in [1.807, 2.05) is 64.2 Å². The van der Waals surface area contributed by atoms with Crippen LogP contribution in [-0.4, -0.2) is 19.4 Å². The van der Waals surface area contributed by atoms with Gasteiger partial charge in [-0.05, 0) is 56.9 Å². The lowest BCUT2D eigenvalue weighted by Crippen LogP contribution is -2.34. The second-order valence-corrected chi connectivity index (χ2v) is 8.46. The smallest absolute Gasteiger partial charge is 0.241 e. The van der Waals surface area contributed by atoms with Gasteiger partial charge in [-0.3, -0.25) is 0 Å². The van der Waals surface area contributed by atoms with Crippen LogP contribution < -0.4 is 4.72 Å². The Bertz CT molecular complexity index is 996. The molecule has 0 saturated heterocycles. The summed E-state index contributed by atoms with van der Waals surface area (Å²) in [7, 11) is -3.55. The Balaban J connectivity index is 1.84. The first-order chi connectivity index (χ1) is 11.8. The van der Waals surface area contributed by atoms with E-state index < -0.39 is 10.0 Å². The molecule has 2 aromatic carbocycles. The molecule has 25 heavy (non-hydrogen) atoms. The minimum atomic E-state index is -3.55. The van der Waals surface area contributed by atoms with Gasteiger partial charge in [0.1, 0.15) is 0 Å². The van der Waals surface area contributed by atoms with E-state index >= 15 is 0 Å². The Labute approximate surface area is 149 Å². The minimum Gasteiger partial charge on any atom is -0.361 e. The Morgan fingerprint density at radius 3 is 2.40 bits per heavy atom. The minimum absolute atomic E-state index is 0.204. The highest BCUT2D eigenvalue weighted by Gasteiger charge is 2.22.